The first-order valence-electron chi connectivity index (χ1n) is 11.3. The lowest BCUT2D eigenvalue weighted by molar-refractivity contribution is -0.152. The van der Waals surface area contributed by atoms with Gasteiger partial charge in [0, 0.05) is 39.1 Å². The van der Waals surface area contributed by atoms with Crippen LogP contribution in [0.15, 0.2) is 30.3 Å². The van der Waals surface area contributed by atoms with Crippen LogP contribution < -0.4 is 0 Å². The van der Waals surface area contributed by atoms with Crippen LogP contribution in [0.4, 0.5) is 0 Å². The molecule has 3 fully saturated rings. The number of nitrogens with zero attached hydrogens (tertiary/aromatic N) is 3. The van der Waals surface area contributed by atoms with Crippen molar-refractivity contribution in [2.24, 2.45) is 0 Å². The Kier molecular flexibility index (Phi) is 9.01. The van der Waals surface area contributed by atoms with Gasteiger partial charge in [0.15, 0.2) is 0 Å². The summed E-state index contributed by atoms with van der Waals surface area (Å²) < 4.78 is 6.17. The van der Waals surface area contributed by atoms with Crippen molar-refractivity contribution in [1.29, 1.82) is 0 Å². The highest BCUT2D eigenvalue weighted by atomic mass is 16.5. The standard InChI is InChI=1S/C22H31N3O4.CH2O2/c26-18-8-11-23(12-9-18)15-19-22(17-5-2-1-3-6-17)25(13-14-29-19)21(28)16-24-10-4-7-20(24)27;2-1-3/h1-3,5-6,18-19,22,26H,4,7-16H2;1H,(H,2,3)/t19-,22-;/m0./s1. The molecule has 4 rings (SSSR count). The number of morpholine rings is 1. The van der Waals surface area contributed by atoms with Crippen molar-refractivity contribution in [3.05, 3.63) is 35.9 Å². The Bertz CT molecular complexity index is 753. The summed E-state index contributed by atoms with van der Waals surface area (Å²) in [4.78, 5) is 39.5. The van der Waals surface area contributed by atoms with Crippen LogP contribution in [0, 0.1) is 0 Å². The summed E-state index contributed by atoms with van der Waals surface area (Å²) in [7, 11) is 0. The van der Waals surface area contributed by atoms with Crippen LogP contribution in [-0.4, -0.2) is 101 Å². The maximum Gasteiger partial charge on any atom is 0.290 e. The quantitative estimate of drug-likeness (QED) is 0.641. The summed E-state index contributed by atoms with van der Waals surface area (Å²) in [6, 6.07) is 9.89. The van der Waals surface area contributed by atoms with E-state index in [0.29, 0.717) is 26.1 Å². The number of carbonyl (C=O) groups excluding carboxylic acids is 2. The molecule has 0 aromatic heterocycles. The third kappa shape index (κ3) is 6.27. The molecule has 0 bridgehead atoms. The number of ether oxygens (including phenoxy) is 1. The predicted molar refractivity (Wildman–Crippen MR) is 117 cm³/mol. The van der Waals surface area contributed by atoms with Crippen LogP contribution in [0.2, 0.25) is 0 Å². The zero-order valence-electron chi connectivity index (χ0n) is 18.3. The van der Waals surface area contributed by atoms with Gasteiger partial charge in [-0.15, -0.1) is 0 Å². The van der Waals surface area contributed by atoms with Gasteiger partial charge < -0.3 is 29.6 Å². The number of carbonyl (C=O) groups is 3. The van der Waals surface area contributed by atoms with Gasteiger partial charge in [-0.1, -0.05) is 30.3 Å². The third-order valence-corrected chi connectivity index (χ3v) is 6.31. The number of carboxylic acid groups (broad SMARTS) is 1. The van der Waals surface area contributed by atoms with Crippen molar-refractivity contribution in [2.45, 2.75) is 43.9 Å². The average Bonchev–Trinajstić information content (AvgIpc) is 3.20. The molecule has 3 heterocycles. The Labute approximate surface area is 188 Å². The monoisotopic (exact) mass is 447 g/mol. The predicted octanol–water partition coefficient (Wildman–Crippen LogP) is 0.735. The Morgan fingerprint density at radius 2 is 1.81 bits per heavy atom. The van der Waals surface area contributed by atoms with Gasteiger partial charge in [-0.3, -0.25) is 14.4 Å². The van der Waals surface area contributed by atoms with Crippen LogP contribution in [0.1, 0.15) is 37.3 Å². The highest BCUT2D eigenvalue weighted by molar-refractivity contribution is 5.86. The zero-order chi connectivity index (χ0) is 22.9. The van der Waals surface area contributed by atoms with E-state index in [-0.39, 0.29) is 43.1 Å². The van der Waals surface area contributed by atoms with Gasteiger partial charge in [0.25, 0.3) is 6.47 Å². The van der Waals surface area contributed by atoms with E-state index in [0.717, 1.165) is 44.5 Å². The number of amides is 2. The highest BCUT2D eigenvalue weighted by Crippen LogP contribution is 2.31. The Balaban J connectivity index is 0.000000913. The molecule has 2 atom stereocenters. The maximum absolute atomic E-state index is 13.2. The number of benzene rings is 1. The van der Waals surface area contributed by atoms with E-state index < -0.39 is 0 Å². The minimum absolute atomic E-state index is 0.00327. The summed E-state index contributed by atoms with van der Waals surface area (Å²) in [5.41, 5.74) is 1.07. The first kappa shape index (κ1) is 24.2. The molecule has 0 saturated carbocycles. The van der Waals surface area contributed by atoms with Gasteiger partial charge in [0.05, 0.1) is 31.4 Å². The first-order chi connectivity index (χ1) is 15.5. The summed E-state index contributed by atoms with van der Waals surface area (Å²) in [5.74, 6) is 0.0720. The van der Waals surface area contributed by atoms with Gasteiger partial charge in [0.2, 0.25) is 11.8 Å². The fourth-order valence-electron chi connectivity index (χ4n) is 4.69. The average molecular weight is 448 g/mol. The molecule has 3 saturated heterocycles. The van der Waals surface area contributed by atoms with E-state index in [2.05, 4.69) is 4.90 Å². The fraction of sp³-hybridized carbons (Fsp3) is 0.609. The molecule has 1 aromatic carbocycles. The van der Waals surface area contributed by atoms with Gasteiger partial charge in [-0.05, 0) is 24.8 Å². The second-order valence-corrected chi connectivity index (χ2v) is 8.41. The Morgan fingerprint density at radius 1 is 1.12 bits per heavy atom. The zero-order valence-corrected chi connectivity index (χ0v) is 18.3. The van der Waals surface area contributed by atoms with Crippen molar-refractivity contribution in [2.75, 3.05) is 45.9 Å². The lowest BCUT2D eigenvalue weighted by Gasteiger charge is -2.44. The summed E-state index contributed by atoms with van der Waals surface area (Å²) >= 11 is 0. The maximum atomic E-state index is 13.2. The summed E-state index contributed by atoms with van der Waals surface area (Å²) in [6.45, 7) is 4.05. The normalized spacial score (nSPS) is 24.7. The number of aliphatic hydroxyl groups is 1. The van der Waals surface area contributed by atoms with Gasteiger partial charge >= 0.3 is 0 Å². The molecule has 3 aliphatic rings. The van der Waals surface area contributed by atoms with Crippen molar-refractivity contribution >= 4 is 18.3 Å². The van der Waals surface area contributed by atoms with E-state index in [1.165, 1.54) is 0 Å². The summed E-state index contributed by atoms with van der Waals surface area (Å²) in [5, 5.41) is 16.7. The number of hydrogen-bond acceptors (Lipinski definition) is 6. The molecule has 1 aromatic rings. The first-order valence-corrected chi connectivity index (χ1v) is 11.3. The number of hydrogen-bond donors (Lipinski definition) is 2. The van der Waals surface area contributed by atoms with Crippen LogP contribution >= 0.6 is 0 Å². The molecule has 0 unspecified atom stereocenters. The van der Waals surface area contributed by atoms with E-state index in [4.69, 9.17) is 14.6 Å². The summed E-state index contributed by atoms with van der Waals surface area (Å²) in [6.07, 6.45) is 2.60. The Morgan fingerprint density at radius 3 is 2.44 bits per heavy atom. The molecule has 9 heteroatoms. The van der Waals surface area contributed by atoms with Gasteiger partial charge in [-0.2, -0.15) is 0 Å². The van der Waals surface area contributed by atoms with Crippen LogP contribution in [0.3, 0.4) is 0 Å². The molecule has 0 aliphatic carbocycles. The molecule has 0 radical (unpaired) electrons. The van der Waals surface area contributed by atoms with Gasteiger partial charge in [0.1, 0.15) is 0 Å². The van der Waals surface area contributed by atoms with Crippen molar-refractivity contribution in [1.82, 2.24) is 14.7 Å². The van der Waals surface area contributed by atoms with E-state index in [1.807, 2.05) is 35.2 Å². The van der Waals surface area contributed by atoms with Crippen LogP contribution in [0.25, 0.3) is 0 Å². The highest BCUT2D eigenvalue weighted by Gasteiger charge is 2.38. The lowest BCUT2D eigenvalue weighted by Crippen LogP contribution is -2.54. The van der Waals surface area contributed by atoms with Crippen LogP contribution in [0.5, 0.6) is 0 Å². The molecule has 0 spiro atoms. The minimum atomic E-state index is -0.250. The SMILES string of the molecule is O=C1CCCN1CC(=O)N1CCO[C@@H](CN2CCC(O)CC2)[C@@H]1c1ccccc1.O=CO. The molecule has 176 valence electrons. The molecule has 2 N–H and O–H groups in total. The Hall–Kier alpha value is -2.49. The van der Waals surface area contributed by atoms with E-state index in [1.54, 1.807) is 4.90 Å². The molecule has 9 nitrogen and oxygen atoms in total. The van der Waals surface area contributed by atoms with Crippen molar-refractivity contribution < 1.29 is 29.3 Å². The molecule has 2 amide bonds. The van der Waals surface area contributed by atoms with Gasteiger partial charge in [-0.25, -0.2) is 0 Å². The minimum Gasteiger partial charge on any atom is -0.483 e. The van der Waals surface area contributed by atoms with Crippen molar-refractivity contribution in [3.8, 4) is 0 Å². The fourth-order valence-corrected chi connectivity index (χ4v) is 4.69. The molecular formula is C23H33N3O6. The number of likely N-dealkylation sites (tertiary alicyclic amines) is 2. The van der Waals surface area contributed by atoms with E-state index in [9.17, 15) is 14.7 Å². The number of aliphatic hydroxyl groups excluding tert-OH is 1. The second-order valence-electron chi connectivity index (χ2n) is 8.41. The van der Waals surface area contributed by atoms with E-state index >= 15 is 0 Å². The topological polar surface area (TPSA) is 111 Å². The third-order valence-electron chi connectivity index (χ3n) is 6.31. The molecule has 32 heavy (non-hydrogen) atoms. The smallest absolute Gasteiger partial charge is 0.290 e. The van der Waals surface area contributed by atoms with Crippen LogP contribution in [-0.2, 0) is 19.1 Å². The number of rotatable bonds is 5. The second kappa shape index (κ2) is 11.9. The lowest BCUT2D eigenvalue weighted by atomic mass is 9.96. The largest absolute Gasteiger partial charge is 0.483 e. The molecular weight excluding hydrogens is 414 g/mol. The number of piperidine rings is 1. The van der Waals surface area contributed by atoms with Crippen molar-refractivity contribution in [3.63, 3.8) is 0 Å². The molecule has 3 aliphatic heterocycles.